The molecule has 0 radical (unpaired) electrons. The molecule has 0 aliphatic rings. The fourth-order valence-electron chi connectivity index (χ4n) is 2.55. The molecule has 0 atom stereocenters. The molecule has 1 heterocycles. The lowest BCUT2D eigenvalue weighted by Gasteiger charge is -2.03. The summed E-state index contributed by atoms with van der Waals surface area (Å²) in [6.45, 7) is 1.89. The van der Waals surface area contributed by atoms with Crippen molar-refractivity contribution in [2.24, 2.45) is 0 Å². The number of aromatic nitrogens is 1. The Bertz CT molecular complexity index is 1040. The molecule has 8 heteroatoms. The maximum Gasteiger partial charge on any atom is 0.226 e. The summed E-state index contributed by atoms with van der Waals surface area (Å²) < 4.78 is 12.9. The van der Waals surface area contributed by atoms with Gasteiger partial charge < -0.3 is 5.32 Å². The third kappa shape index (κ3) is 4.95. The van der Waals surface area contributed by atoms with Crippen molar-refractivity contribution in [1.82, 2.24) is 4.98 Å². The SMILES string of the molecule is Cc1sc(NC(=O)CCC(=O)c2ccc(F)cc2)nc1-c1ccc(Cl)c(Cl)c1. The molecule has 0 spiro atoms. The van der Waals surface area contributed by atoms with E-state index in [1.165, 1.54) is 35.6 Å². The van der Waals surface area contributed by atoms with Crippen molar-refractivity contribution < 1.29 is 14.0 Å². The van der Waals surface area contributed by atoms with Gasteiger partial charge in [-0.05, 0) is 43.3 Å². The van der Waals surface area contributed by atoms with Crippen molar-refractivity contribution in [2.75, 3.05) is 5.32 Å². The number of hydrogen-bond donors (Lipinski definition) is 1. The number of anilines is 1. The number of carbonyl (C=O) groups is 2. The van der Waals surface area contributed by atoms with Gasteiger partial charge in [-0.25, -0.2) is 9.37 Å². The molecule has 0 saturated carbocycles. The Morgan fingerprint density at radius 2 is 1.79 bits per heavy atom. The second-order valence-electron chi connectivity index (χ2n) is 6.03. The molecule has 4 nitrogen and oxygen atoms in total. The number of amides is 1. The van der Waals surface area contributed by atoms with E-state index in [1.54, 1.807) is 12.1 Å². The summed E-state index contributed by atoms with van der Waals surface area (Å²) in [5.41, 5.74) is 1.89. The quantitative estimate of drug-likeness (QED) is 0.470. The van der Waals surface area contributed by atoms with E-state index >= 15 is 0 Å². The van der Waals surface area contributed by atoms with Crippen molar-refractivity contribution in [3.05, 3.63) is 68.8 Å². The molecule has 1 aromatic heterocycles. The topological polar surface area (TPSA) is 59.1 Å². The molecule has 3 aromatic rings. The summed E-state index contributed by atoms with van der Waals surface area (Å²) in [5, 5.41) is 4.04. The number of nitrogens with one attached hydrogen (secondary N) is 1. The number of Topliss-reactive ketones (excluding diaryl/α,β-unsaturated/α-hetero) is 1. The fraction of sp³-hybridized carbons (Fsp3) is 0.150. The number of hydrogen-bond acceptors (Lipinski definition) is 4. The first-order chi connectivity index (χ1) is 13.3. The van der Waals surface area contributed by atoms with E-state index in [-0.39, 0.29) is 24.5 Å². The van der Waals surface area contributed by atoms with E-state index in [2.05, 4.69) is 10.3 Å². The second kappa shape index (κ2) is 8.82. The van der Waals surface area contributed by atoms with E-state index in [9.17, 15) is 14.0 Å². The van der Waals surface area contributed by atoms with Gasteiger partial charge in [-0.2, -0.15) is 0 Å². The van der Waals surface area contributed by atoms with Crippen molar-refractivity contribution >= 4 is 51.4 Å². The van der Waals surface area contributed by atoms with Gasteiger partial charge in [-0.3, -0.25) is 9.59 Å². The average Bonchev–Trinajstić information content (AvgIpc) is 3.02. The summed E-state index contributed by atoms with van der Waals surface area (Å²) in [5.74, 6) is -0.946. The Kier molecular flexibility index (Phi) is 6.44. The van der Waals surface area contributed by atoms with Crippen LogP contribution in [0.3, 0.4) is 0 Å². The highest BCUT2D eigenvalue weighted by atomic mass is 35.5. The van der Waals surface area contributed by atoms with Gasteiger partial charge in [0, 0.05) is 28.8 Å². The smallest absolute Gasteiger partial charge is 0.226 e. The fourth-order valence-corrected chi connectivity index (χ4v) is 3.70. The van der Waals surface area contributed by atoms with Crippen LogP contribution in [0.2, 0.25) is 10.0 Å². The highest BCUT2D eigenvalue weighted by molar-refractivity contribution is 7.16. The van der Waals surface area contributed by atoms with Crippen molar-refractivity contribution in [3.8, 4) is 11.3 Å². The zero-order valence-corrected chi connectivity index (χ0v) is 17.1. The average molecular weight is 437 g/mol. The van der Waals surface area contributed by atoms with Crippen molar-refractivity contribution in [3.63, 3.8) is 0 Å². The van der Waals surface area contributed by atoms with Crippen molar-refractivity contribution in [2.45, 2.75) is 19.8 Å². The number of nitrogens with zero attached hydrogens (tertiary/aromatic N) is 1. The zero-order chi connectivity index (χ0) is 20.3. The zero-order valence-electron chi connectivity index (χ0n) is 14.8. The van der Waals surface area contributed by atoms with Gasteiger partial charge in [0.25, 0.3) is 0 Å². The number of ketones is 1. The van der Waals surface area contributed by atoms with Crippen LogP contribution < -0.4 is 5.32 Å². The highest BCUT2D eigenvalue weighted by Crippen LogP contribution is 2.33. The molecule has 144 valence electrons. The Balaban J connectivity index is 1.62. The maximum atomic E-state index is 12.9. The van der Waals surface area contributed by atoms with Crippen LogP contribution in [0.1, 0.15) is 28.1 Å². The molecule has 1 amide bonds. The Labute approximate surface area is 175 Å². The predicted octanol–water partition coefficient (Wildman–Crippen LogP) is 6.17. The number of halogens is 3. The molecular formula is C20H15Cl2FN2O2S. The number of carbonyl (C=O) groups excluding carboxylic acids is 2. The van der Waals surface area contributed by atoms with Gasteiger partial charge in [-0.1, -0.05) is 29.3 Å². The third-order valence-corrected chi connectivity index (χ3v) is 5.61. The van der Waals surface area contributed by atoms with Gasteiger partial charge in [0.2, 0.25) is 5.91 Å². The van der Waals surface area contributed by atoms with Crippen LogP contribution in [-0.4, -0.2) is 16.7 Å². The minimum absolute atomic E-state index is 0.0109. The summed E-state index contributed by atoms with van der Waals surface area (Å²) >= 11 is 13.3. The lowest BCUT2D eigenvalue weighted by atomic mass is 10.1. The van der Waals surface area contributed by atoms with Crippen LogP contribution in [0, 0.1) is 12.7 Å². The normalized spacial score (nSPS) is 10.7. The van der Waals surface area contributed by atoms with Crippen LogP contribution in [0.15, 0.2) is 42.5 Å². The summed E-state index contributed by atoms with van der Waals surface area (Å²) in [4.78, 5) is 29.6. The summed E-state index contributed by atoms with van der Waals surface area (Å²) in [7, 11) is 0. The number of thiazole rings is 1. The number of aryl methyl sites for hydroxylation is 1. The van der Waals surface area contributed by atoms with E-state index in [0.29, 0.717) is 26.4 Å². The van der Waals surface area contributed by atoms with Crippen LogP contribution in [0.4, 0.5) is 9.52 Å². The standard InChI is InChI=1S/C20H15Cl2FN2O2S/c1-11-19(13-4-7-15(21)16(22)10-13)25-20(28-11)24-18(27)9-8-17(26)12-2-5-14(23)6-3-12/h2-7,10H,8-9H2,1H3,(H,24,25,27). The molecule has 0 bridgehead atoms. The molecule has 2 aromatic carbocycles. The number of rotatable bonds is 6. The lowest BCUT2D eigenvalue weighted by Crippen LogP contribution is -2.13. The van der Waals surface area contributed by atoms with Crippen LogP contribution >= 0.6 is 34.5 Å². The van der Waals surface area contributed by atoms with Gasteiger partial charge in [0.05, 0.1) is 15.7 Å². The molecular weight excluding hydrogens is 422 g/mol. The lowest BCUT2D eigenvalue weighted by molar-refractivity contribution is -0.116. The first-order valence-electron chi connectivity index (χ1n) is 8.35. The monoisotopic (exact) mass is 436 g/mol. The Hall–Kier alpha value is -2.28. The second-order valence-corrected chi connectivity index (χ2v) is 8.05. The first kappa shape index (κ1) is 20.5. The van der Waals surface area contributed by atoms with Crippen LogP contribution in [0.25, 0.3) is 11.3 Å². The molecule has 0 aliphatic carbocycles. The Morgan fingerprint density at radius 1 is 1.07 bits per heavy atom. The van der Waals surface area contributed by atoms with E-state index in [0.717, 1.165) is 10.4 Å². The first-order valence-corrected chi connectivity index (χ1v) is 9.92. The van der Waals surface area contributed by atoms with E-state index < -0.39 is 5.82 Å². The largest absolute Gasteiger partial charge is 0.302 e. The van der Waals surface area contributed by atoms with Gasteiger partial charge >= 0.3 is 0 Å². The molecule has 28 heavy (non-hydrogen) atoms. The Morgan fingerprint density at radius 3 is 2.46 bits per heavy atom. The maximum absolute atomic E-state index is 12.9. The molecule has 0 saturated heterocycles. The summed E-state index contributed by atoms with van der Waals surface area (Å²) in [6, 6.07) is 10.5. The molecule has 0 unspecified atom stereocenters. The van der Waals surface area contributed by atoms with Gasteiger partial charge in [0.15, 0.2) is 10.9 Å². The van der Waals surface area contributed by atoms with Crippen molar-refractivity contribution in [1.29, 1.82) is 0 Å². The third-order valence-electron chi connectivity index (χ3n) is 3.98. The van der Waals surface area contributed by atoms with Gasteiger partial charge in [-0.15, -0.1) is 11.3 Å². The molecule has 1 N–H and O–H groups in total. The van der Waals surface area contributed by atoms with Crippen LogP contribution in [0.5, 0.6) is 0 Å². The van der Waals surface area contributed by atoms with Gasteiger partial charge in [0.1, 0.15) is 5.82 Å². The molecule has 3 rings (SSSR count). The number of benzene rings is 2. The summed E-state index contributed by atoms with van der Waals surface area (Å²) in [6.07, 6.45) is 0.0401. The highest BCUT2D eigenvalue weighted by Gasteiger charge is 2.14. The van der Waals surface area contributed by atoms with E-state index in [1.807, 2.05) is 13.0 Å². The molecule has 0 fully saturated rings. The predicted molar refractivity (Wildman–Crippen MR) is 111 cm³/mol. The minimum Gasteiger partial charge on any atom is -0.302 e. The van der Waals surface area contributed by atoms with E-state index in [4.69, 9.17) is 23.2 Å². The van der Waals surface area contributed by atoms with Crippen LogP contribution in [-0.2, 0) is 4.79 Å². The minimum atomic E-state index is -0.411. The molecule has 0 aliphatic heterocycles.